The van der Waals surface area contributed by atoms with E-state index in [9.17, 15) is 14.9 Å². The number of nitrogens with one attached hydrogen (secondary N) is 2. The van der Waals surface area contributed by atoms with Crippen LogP contribution >= 0.6 is 0 Å². The van der Waals surface area contributed by atoms with Crippen molar-refractivity contribution >= 4 is 55.2 Å². The number of anilines is 4. The van der Waals surface area contributed by atoms with Crippen LogP contribution in [-0.2, 0) is 24.0 Å². The molecule has 1 amide bonds. The molecule has 1 aliphatic carbocycles. The highest BCUT2D eigenvalue weighted by atomic mass is 32.2. The first-order valence-corrected chi connectivity index (χ1v) is 24.2. The van der Waals surface area contributed by atoms with Crippen molar-refractivity contribution in [2.45, 2.75) is 78.8 Å². The van der Waals surface area contributed by atoms with E-state index in [2.05, 4.69) is 51.3 Å². The second-order valence-electron chi connectivity index (χ2n) is 18.8. The van der Waals surface area contributed by atoms with Crippen molar-refractivity contribution in [1.29, 1.82) is 0 Å². The molecule has 6 aliphatic heterocycles. The Kier molecular flexibility index (Phi) is 9.76. The Morgan fingerprint density at radius 1 is 0.985 bits per heavy atom. The normalized spacial score (nSPS) is 25.8. The van der Waals surface area contributed by atoms with Gasteiger partial charge in [0.05, 0.1) is 71.9 Å². The smallest absolute Gasteiger partial charge is 0.297 e. The summed E-state index contributed by atoms with van der Waals surface area (Å²) in [7, 11) is -4.77. The van der Waals surface area contributed by atoms with Gasteiger partial charge in [0.1, 0.15) is 35.0 Å². The summed E-state index contributed by atoms with van der Waals surface area (Å²) in [5, 5.41) is 16.8. The molecule has 5 fully saturated rings. The highest BCUT2D eigenvalue weighted by Gasteiger charge is 2.56. The number of sulfone groups is 1. The summed E-state index contributed by atoms with van der Waals surface area (Å²) in [5.41, 5.74) is 9.72. The number of nitrogens with zero attached hydrogens (tertiary/aromatic N) is 5. The summed E-state index contributed by atoms with van der Waals surface area (Å²) in [6.45, 7) is 5.83. The van der Waals surface area contributed by atoms with E-state index < -0.39 is 50.6 Å². The zero-order valence-corrected chi connectivity index (χ0v) is 37.1. The Labute approximate surface area is 380 Å². The highest BCUT2D eigenvalue weighted by Crippen LogP contribution is 2.57. The topological polar surface area (TPSA) is 217 Å². The van der Waals surface area contributed by atoms with Gasteiger partial charge < -0.3 is 49.5 Å². The van der Waals surface area contributed by atoms with Gasteiger partial charge >= 0.3 is 0 Å². The van der Waals surface area contributed by atoms with E-state index >= 15 is 8.42 Å². The molecule has 8 heterocycles. The molecular weight excluding hydrogens is 869 g/mol. The van der Waals surface area contributed by atoms with Crippen LogP contribution in [-0.4, -0.2) is 124 Å². The molecule has 344 valence electrons. The van der Waals surface area contributed by atoms with Crippen LogP contribution in [0, 0.1) is 22.5 Å². The third-order valence-electron chi connectivity index (χ3n) is 14.9. The minimum atomic E-state index is -4.77. The molecule has 4 N–H and O–H groups in total. The fraction of sp³-hybridized carbons (Fsp3) is 0.447. The lowest BCUT2D eigenvalue weighted by atomic mass is 9.60. The van der Waals surface area contributed by atoms with Crippen LogP contribution < -0.4 is 30.3 Å². The van der Waals surface area contributed by atoms with Crippen LogP contribution in [0.3, 0.4) is 0 Å². The first kappa shape index (κ1) is 41.4. The quantitative estimate of drug-likeness (QED) is 0.125. The third-order valence-corrected chi connectivity index (χ3v) is 16.7. The van der Waals surface area contributed by atoms with E-state index in [1.54, 1.807) is 23.2 Å². The lowest BCUT2D eigenvalue weighted by molar-refractivity contribution is -0.384. The predicted molar refractivity (Wildman–Crippen MR) is 242 cm³/mol. The van der Waals surface area contributed by atoms with Crippen LogP contribution in [0.25, 0.3) is 11.0 Å². The van der Waals surface area contributed by atoms with E-state index in [4.69, 9.17) is 34.4 Å². The molecule has 5 atom stereocenters. The number of pyridine rings is 1. The largest absolute Gasteiger partial charge is 0.489 e. The van der Waals surface area contributed by atoms with Gasteiger partial charge in [-0.3, -0.25) is 19.8 Å². The Hall–Kier alpha value is -5.99. The maximum Gasteiger partial charge on any atom is 0.297 e. The Morgan fingerprint density at radius 2 is 1.82 bits per heavy atom. The number of primary amides is 1. The molecule has 5 aromatic rings. The lowest BCUT2D eigenvalue weighted by Gasteiger charge is -2.62. The number of hydrogen-bond acceptors (Lipinski definition) is 15. The molecule has 2 aromatic heterocycles. The average Bonchev–Trinajstić information content (AvgIpc) is 4.08. The molecule has 0 radical (unpaired) electrons. The first-order valence-electron chi connectivity index (χ1n) is 22.7. The number of hydrogen-bond donors (Lipinski definition) is 3. The summed E-state index contributed by atoms with van der Waals surface area (Å²) in [5.74, 6) is -0.632. The molecule has 4 saturated heterocycles. The number of aryl methyl sites for hydroxylation is 1. The minimum Gasteiger partial charge on any atom is -0.489 e. The minimum absolute atomic E-state index is 0.000685. The van der Waals surface area contributed by atoms with Crippen LogP contribution in [0.4, 0.5) is 28.4 Å². The van der Waals surface area contributed by atoms with Crippen molar-refractivity contribution in [3.8, 4) is 11.6 Å². The molecule has 0 unspecified atom stereocenters. The third kappa shape index (κ3) is 6.60. The molecular formula is C47H50N8O10S. The van der Waals surface area contributed by atoms with E-state index in [0.29, 0.717) is 55.4 Å². The number of aromatic nitrogens is 2. The molecule has 66 heavy (non-hydrogen) atoms. The van der Waals surface area contributed by atoms with Gasteiger partial charge in [0.25, 0.3) is 11.6 Å². The number of nitrogens with two attached hydrogens (primary N) is 1. The van der Waals surface area contributed by atoms with Crippen molar-refractivity contribution < 1.29 is 41.8 Å². The van der Waals surface area contributed by atoms with Gasteiger partial charge in [-0.05, 0) is 74.5 Å². The van der Waals surface area contributed by atoms with Crippen molar-refractivity contribution in [3.05, 3.63) is 93.7 Å². The summed E-state index contributed by atoms with van der Waals surface area (Å²) >= 11 is 0. The predicted octanol–water partition coefficient (Wildman–Crippen LogP) is 5.40. The second kappa shape index (κ2) is 15.5. The molecule has 12 rings (SSSR count). The highest BCUT2D eigenvalue weighted by molar-refractivity contribution is 7.91. The van der Waals surface area contributed by atoms with Gasteiger partial charge in [0.15, 0.2) is 11.4 Å². The fourth-order valence-corrected chi connectivity index (χ4v) is 13.4. The number of aromatic amines is 1. The number of nitro groups is 1. The van der Waals surface area contributed by atoms with Gasteiger partial charge in [-0.1, -0.05) is 24.3 Å². The maximum absolute atomic E-state index is 15.9. The number of amides is 1. The zero-order valence-electron chi connectivity index (χ0n) is 36.3. The van der Waals surface area contributed by atoms with E-state index in [1.807, 2.05) is 12.1 Å². The van der Waals surface area contributed by atoms with Crippen molar-refractivity contribution in [2.75, 3.05) is 74.4 Å². The molecule has 1 saturated carbocycles. The molecule has 3 aromatic carbocycles. The van der Waals surface area contributed by atoms with Gasteiger partial charge in [0.2, 0.25) is 15.7 Å². The number of likely N-dealkylation sites (tertiary alicyclic amines) is 1. The zero-order chi connectivity index (χ0) is 45.1. The molecule has 18 nitrogen and oxygen atoms in total. The van der Waals surface area contributed by atoms with Crippen molar-refractivity contribution in [2.24, 2.45) is 11.1 Å². The Bertz CT molecular complexity index is 2910. The van der Waals surface area contributed by atoms with E-state index in [1.165, 1.54) is 17.2 Å². The molecule has 19 heteroatoms. The summed E-state index contributed by atoms with van der Waals surface area (Å²) in [6.07, 6.45) is 4.92. The van der Waals surface area contributed by atoms with Crippen LogP contribution in [0.2, 0.25) is 0 Å². The fourth-order valence-electron chi connectivity index (χ4n) is 11.7. The number of carbonyl (C=O) groups excluding carboxylic acids is 1. The van der Waals surface area contributed by atoms with Crippen molar-refractivity contribution in [3.63, 3.8) is 0 Å². The monoisotopic (exact) mass is 918 g/mol. The van der Waals surface area contributed by atoms with Crippen LogP contribution in [0.5, 0.6) is 11.6 Å². The maximum atomic E-state index is 15.9. The summed E-state index contributed by atoms with van der Waals surface area (Å²) in [4.78, 5) is 39.8. The van der Waals surface area contributed by atoms with Crippen molar-refractivity contribution in [1.82, 2.24) is 14.9 Å². The van der Waals surface area contributed by atoms with Crippen LogP contribution in [0.15, 0.2) is 76.7 Å². The number of fused-ring (bicyclic) bond motifs is 4. The van der Waals surface area contributed by atoms with E-state index in [0.717, 1.165) is 43.7 Å². The summed E-state index contributed by atoms with van der Waals surface area (Å²) in [6, 6.07) is 17.6. The number of carbonyl (C=O) groups is 1. The number of ether oxygens (including phenoxy) is 5. The number of benzene rings is 3. The molecule has 7 aliphatic rings. The van der Waals surface area contributed by atoms with E-state index in [-0.39, 0.29) is 70.2 Å². The summed E-state index contributed by atoms with van der Waals surface area (Å²) < 4.78 is 61.8. The molecule has 0 bridgehead atoms. The van der Waals surface area contributed by atoms with Gasteiger partial charge in [-0.2, -0.15) is 4.98 Å². The standard InChI is InChI=1S/C47H50N8O10S/c1-26-5-2-3-6-30(26)33-7-4-12-53(33)28-18-47(19-28)24-52(25-47)34-9-8-31(44(48)56)42(54-36-15-27-10-11-49-45(27)51-46(36)65-40-23-62-21-37(40)54)43(34)66(59,60)29-16-35(55(57)58)41-38(17-29)64-20-32(50-41)39-22-61-13-14-63-39/h2-3,5-6,8-11,15-17,28,32-33,37,39-40,50H,4,7,12-14,18-25H2,1H3,(H2,48,56)(H,49,51)/t32-,33-,37-,39+,40-/m0/s1. The first-order chi connectivity index (χ1) is 32.0. The number of H-pyrrole nitrogens is 1. The molecule has 1 spiro atoms. The van der Waals surface area contributed by atoms with Gasteiger partial charge in [-0.15, -0.1) is 0 Å². The van der Waals surface area contributed by atoms with Gasteiger partial charge in [-0.25, -0.2) is 8.42 Å². The van der Waals surface area contributed by atoms with Gasteiger partial charge in [0, 0.05) is 54.3 Å². The average molecular weight is 919 g/mol. The second-order valence-corrected chi connectivity index (χ2v) is 20.7. The SMILES string of the molecule is Cc1ccccc1[C@@H]1CCCN1C1CC2(C1)CN(c1ccc(C(N)=O)c(N3c4cc5cc[nH]c5nc4O[C@H]4COC[C@@H]43)c1S(=O)(=O)c1cc3c(c([N+](=O)[O-])c1)N[C@H]([C@H]1COCCO1)CO3)C2. The lowest BCUT2D eigenvalue weighted by Crippen LogP contribution is -2.66. The van der Waals surface area contributed by atoms with Crippen LogP contribution in [0.1, 0.15) is 53.2 Å². The Morgan fingerprint density at radius 3 is 2.61 bits per heavy atom. The number of nitro benzene ring substituents is 1. The number of rotatable bonds is 9. The Balaban J connectivity index is 0.970.